The molecule has 0 aromatic heterocycles. The standard InChI is InChI=1S/C11H17N3O/c1-15-8-10(12)11(13)14-7-9-5-3-2-4-6-9/h2-6,10H,7-8,12H2,1H3,(H2,13,14). The average Bonchev–Trinajstić information content (AvgIpc) is 2.27. The summed E-state index contributed by atoms with van der Waals surface area (Å²) in [6, 6.07) is 9.58. The van der Waals surface area contributed by atoms with Crippen LogP contribution in [0.2, 0.25) is 0 Å². The van der Waals surface area contributed by atoms with Gasteiger partial charge in [0.15, 0.2) is 0 Å². The Morgan fingerprint density at radius 1 is 1.40 bits per heavy atom. The van der Waals surface area contributed by atoms with E-state index >= 15 is 0 Å². The summed E-state index contributed by atoms with van der Waals surface area (Å²) in [6.45, 7) is 0.953. The molecular weight excluding hydrogens is 190 g/mol. The second-order valence-electron chi connectivity index (χ2n) is 3.29. The van der Waals surface area contributed by atoms with E-state index in [1.807, 2.05) is 30.3 Å². The molecule has 1 aromatic rings. The van der Waals surface area contributed by atoms with Crippen molar-refractivity contribution in [2.24, 2.45) is 16.5 Å². The molecule has 1 aromatic carbocycles. The Labute approximate surface area is 89.9 Å². The number of hydrogen-bond donors (Lipinski definition) is 2. The fourth-order valence-electron chi connectivity index (χ4n) is 1.15. The Kier molecular flexibility index (Phi) is 4.80. The van der Waals surface area contributed by atoms with Crippen LogP contribution in [0, 0.1) is 0 Å². The Morgan fingerprint density at radius 3 is 2.67 bits per heavy atom. The van der Waals surface area contributed by atoms with Crippen molar-refractivity contribution in [2.45, 2.75) is 12.6 Å². The largest absolute Gasteiger partial charge is 0.386 e. The number of ether oxygens (including phenoxy) is 1. The smallest absolute Gasteiger partial charge is 0.113 e. The first-order valence-corrected chi connectivity index (χ1v) is 4.82. The molecule has 0 heterocycles. The summed E-state index contributed by atoms with van der Waals surface area (Å²) in [6.07, 6.45) is 0. The second-order valence-corrected chi connectivity index (χ2v) is 3.29. The van der Waals surface area contributed by atoms with Crippen molar-refractivity contribution in [2.75, 3.05) is 13.7 Å². The van der Waals surface area contributed by atoms with E-state index < -0.39 is 0 Å². The third-order valence-corrected chi connectivity index (χ3v) is 2.01. The van der Waals surface area contributed by atoms with Crippen molar-refractivity contribution in [3.8, 4) is 0 Å². The van der Waals surface area contributed by atoms with Gasteiger partial charge in [0, 0.05) is 7.11 Å². The van der Waals surface area contributed by atoms with Gasteiger partial charge in [-0.25, -0.2) is 0 Å². The lowest BCUT2D eigenvalue weighted by atomic mass is 10.2. The fraction of sp³-hybridized carbons (Fsp3) is 0.364. The normalized spacial score (nSPS) is 13.9. The molecule has 0 amide bonds. The van der Waals surface area contributed by atoms with Crippen molar-refractivity contribution in [3.05, 3.63) is 35.9 Å². The van der Waals surface area contributed by atoms with Crippen LogP contribution in [0.25, 0.3) is 0 Å². The van der Waals surface area contributed by atoms with Crippen molar-refractivity contribution < 1.29 is 4.74 Å². The van der Waals surface area contributed by atoms with Gasteiger partial charge < -0.3 is 16.2 Å². The van der Waals surface area contributed by atoms with E-state index in [-0.39, 0.29) is 6.04 Å². The summed E-state index contributed by atoms with van der Waals surface area (Å²) >= 11 is 0. The maximum Gasteiger partial charge on any atom is 0.113 e. The molecule has 4 N–H and O–H groups in total. The Balaban J connectivity index is 2.50. The topological polar surface area (TPSA) is 73.6 Å². The fourth-order valence-corrected chi connectivity index (χ4v) is 1.15. The second kappa shape index (κ2) is 6.16. The zero-order chi connectivity index (χ0) is 11.1. The summed E-state index contributed by atoms with van der Waals surface area (Å²) in [5.41, 5.74) is 12.5. The van der Waals surface area contributed by atoms with Crippen LogP contribution in [-0.4, -0.2) is 25.6 Å². The van der Waals surface area contributed by atoms with E-state index in [4.69, 9.17) is 16.2 Å². The molecule has 0 aliphatic heterocycles. The molecule has 0 aliphatic carbocycles. The highest BCUT2D eigenvalue weighted by atomic mass is 16.5. The number of nitrogens with two attached hydrogens (primary N) is 2. The summed E-state index contributed by atoms with van der Waals surface area (Å²) in [5.74, 6) is 0.431. The molecule has 1 unspecified atom stereocenters. The molecule has 0 aliphatic rings. The molecule has 0 bridgehead atoms. The lowest BCUT2D eigenvalue weighted by Crippen LogP contribution is -2.40. The molecule has 0 radical (unpaired) electrons. The van der Waals surface area contributed by atoms with Crippen LogP contribution in [-0.2, 0) is 11.3 Å². The third-order valence-electron chi connectivity index (χ3n) is 2.01. The van der Waals surface area contributed by atoms with Crippen LogP contribution < -0.4 is 11.5 Å². The lowest BCUT2D eigenvalue weighted by molar-refractivity contribution is 0.196. The van der Waals surface area contributed by atoms with Gasteiger partial charge in [-0.3, -0.25) is 4.99 Å². The minimum Gasteiger partial charge on any atom is -0.386 e. The number of nitrogens with zero attached hydrogens (tertiary/aromatic N) is 1. The molecule has 0 saturated heterocycles. The first kappa shape index (κ1) is 11.7. The predicted octanol–water partition coefficient (Wildman–Crippen LogP) is 0.518. The molecule has 1 atom stereocenters. The van der Waals surface area contributed by atoms with Crippen LogP contribution in [0.3, 0.4) is 0 Å². The quantitative estimate of drug-likeness (QED) is 0.546. The van der Waals surface area contributed by atoms with Crippen molar-refractivity contribution in [1.82, 2.24) is 0 Å². The highest BCUT2D eigenvalue weighted by Crippen LogP contribution is 2.00. The summed E-state index contributed by atoms with van der Waals surface area (Å²) in [5, 5.41) is 0. The monoisotopic (exact) mass is 207 g/mol. The van der Waals surface area contributed by atoms with Crippen molar-refractivity contribution in [3.63, 3.8) is 0 Å². The van der Waals surface area contributed by atoms with E-state index in [0.717, 1.165) is 5.56 Å². The van der Waals surface area contributed by atoms with Gasteiger partial charge in [-0.2, -0.15) is 0 Å². The van der Waals surface area contributed by atoms with Crippen LogP contribution in [0.4, 0.5) is 0 Å². The zero-order valence-corrected chi connectivity index (χ0v) is 8.89. The van der Waals surface area contributed by atoms with Crippen LogP contribution >= 0.6 is 0 Å². The van der Waals surface area contributed by atoms with Gasteiger partial charge in [-0.1, -0.05) is 30.3 Å². The number of aliphatic imine (C=N–C) groups is 1. The maximum absolute atomic E-state index is 5.71. The van der Waals surface area contributed by atoms with Gasteiger partial charge in [0.05, 0.1) is 19.2 Å². The van der Waals surface area contributed by atoms with E-state index in [2.05, 4.69) is 4.99 Å². The summed E-state index contributed by atoms with van der Waals surface area (Å²) in [7, 11) is 1.59. The number of rotatable bonds is 5. The van der Waals surface area contributed by atoms with Crippen LogP contribution in [0.5, 0.6) is 0 Å². The SMILES string of the molecule is COCC(N)C(N)=NCc1ccccc1. The Morgan fingerprint density at radius 2 is 2.07 bits per heavy atom. The van der Waals surface area contributed by atoms with Crippen LogP contribution in [0.1, 0.15) is 5.56 Å². The number of benzene rings is 1. The highest BCUT2D eigenvalue weighted by Gasteiger charge is 2.05. The Hall–Kier alpha value is -1.39. The Bertz CT molecular complexity index is 311. The van der Waals surface area contributed by atoms with Crippen molar-refractivity contribution in [1.29, 1.82) is 0 Å². The first-order valence-electron chi connectivity index (χ1n) is 4.82. The van der Waals surface area contributed by atoms with Gasteiger partial charge >= 0.3 is 0 Å². The molecule has 0 fully saturated rings. The predicted molar refractivity (Wildman–Crippen MR) is 61.6 cm³/mol. The number of methoxy groups -OCH3 is 1. The van der Waals surface area contributed by atoms with Gasteiger partial charge in [0.25, 0.3) is 0 Å². The minimum absolute atomic E-state index is 0.321. The molecular formula is C11H17N3O. The van der Waals surface area contributed by atoms with Gasteiger partial charge in [0.2, 0.25) is 0 Å². The molecule has 4 heteroatoms. The minimum atomic E-state index is -0.321. The number of hydrogen-bond acceptors (Lipinski definition) is 3. The summed E-state index contributed by atoms with van der Waals surface area (Å²) < 4.78 is 4.89. The maximum atomic E-state index is 5.71. The molecule has 82 valence electrons. The lowest BCUT2D eigenvalue weighted by Gasteiger charge is -2.09. The first-order chi connectivity index (χ1) is 7.24. The van der Waals surface area contributed by atoms with Gasteiger partial charge in [0.1, 0.15) is 5.84 Å². The average molecular weight is 207 g/mol. The van der Waals surface area contributed by atoms with Gasteiger partial charge in [-0.05, 0) is 5.56 Å². The van der Waals surface area contributed by atoms with E-state index in [0.29, 0.717) is 19.0 Å². The highest BCUT2D eigenvalue weighted by molar-refractivity contribution is 5.85. The van der Waals surface area contributed by atoms with Crippen LogP contribution in [0.15, 0.2) is 35.3 Å². The molecule has 0 saturated carbocycles. The van der Waals surface area contributed by atoms with Crippen molar-refractivity contribution >= 4 is 5.84 Å². The van der Waals surface area contributed by atoms with E-state index in [9.17, 15) is 0 Å². The van der Waals surface area contributed by atoms with E-state index in [1.165, 1.54) is 0 Å². The molecule has 1 rings (SSSR count). The summed E-state index contributed by atoms with van der Waals surface area (Å²) in [4.78, 5) is 4.20. The van der Waals surface area contributed by atoms with Gasteiger partial charge in [-0.15, -0.1) is 0 Å². The zero-order valence-electron chi connectivity index (χ0n) is 8.89. The number of amidine groups is 1. The third kappa shape index (κ3) is 4.10. The molecule has 0 spiro atoms. The van der Waals surface area contributed by atoms with E-state index in [1.54, 1.807) is 7.11 Å². The molecule has 15 heavy (non-hydrogen) atoms. The molecule has 4 nitrogen and oxygen atoms in total.